The van der Waals surface area contributed by atoms with Gasteiger partial charge in [-0.3, -0.25) is 0 Å². The molecule has 118 valence electrons. The normalized spacial score (nSPS) is 13.6. The van der Waals surface area contributed by atoms with Crippen molar-refractivity contribution in [2.75, 3.05) is 0 Å². The Kier molecular flexibility index (Phi) is 3.51. The largest absolute Gasteiger partial charge is 0.350 e. The summed E-state index contributed by atoms with van der Waals surface area (Å²) in [6.45, 7) is 0.407. The molecule has 4 rings (SSSR count). The maximum absolute atomic E-state index is 12.9. The molecule has 5 nitrogen and oxygen atoms in total. The van der Waals surface area contributed by atoms with Crippen LogP contribution in [0.4, 0.5) is 0 Å². The van der Waals surface area contributed by atoms with Gasteiger partial charge in [-0.1, -0.05) is 30.3 Å². The van der Waals surface area contributed by atoms with Crippen molar-refractivity contribution in [3.63, 3.8) is 0 Å². The molecule has 2 aromatic carbocycles. The Bertz CT molecular complexity index is 957. The lowest BCUT2D eigenvalue weighted by Gasteiger charge is -2.03. The number of para-hydroxylation sites is 1. The van der Waals surface area contributed by atoms with Gasteiger partial charge in [0.05, 0.1) is 23.9 Å². The van der Waals surface area contributed by atoms with Gasteiger partial charge in [0.15, 0.2) is 0 Å². The minimum absolute atomic E-state index is 0.118. The third kappa shape index (κ3) is 2.63. The Hall–Kier alpha value is -3.13. The van der Waals surface area contributed by atoms with Gasteiger partial charge in [-0.05, 0) is 42.7 Å². The predicted octanol–water partition coefficient (Wildman–Crippen LogP) is 2.83. The first-order valence-electron chi connectivity index (χ1n) is 8.00. The fourth-order valence-corrected chi connectivity index (χ4v) is 2.81. The monoisotopic (exact) mass is 316 g/mol. The number of aromatic nitrogens is 3. The van der Waals surface area contributed by atoms with Crippen LogP contribution < -0.4 is 5.69 Å². The van der Waals surface area contributed by atoms with E-state index < -0.39 is 0 Å². The van der Waals surface area contributed by atoms with Crippen LogP contribution in [0, 0.1) is 11.3 Å². The van der Waals surface area contributed by atoms with E-state index in [0.717, 1.165) is 29.9 Å². The molecule has 0 atom stereocenters. The summed E-state index contributed by atoms with van der Waals surface area (Å²) in [5.41, 5.74) is 2.30. The number of benzene rings is 2. The summed E-state index contributed by atoms with van der Waals surface area (Å²) in [7, 11) is 0. The third-order valence-corrected chi connectivity index (χ3v) is 4.24. The molecule has 1 heterocycles. The summed E-state index contributed by atoms with van der Waals surface area (Å²) in [5, 5.41) is 13.5. The molecule has 1 aliphatic carbocycles. The molecule has 5 heteroatoms. The van der Waals surface area contributed by atoms with Crippen LogP contribution in [0.5, 0.6) is 0 Å². The van der Waals surface area contributed by atoms with Crippen molar-refractivity contribution in [3.05, 3.63) is 82.0 Å². The Labute approximate surface area is 139 Å². The molecular weight excluding hydrogens is 300 g/mol. The number of hydrogen-bond donors (Lipinski definition) is 0. The lowest BCUT2D eigenvalue weighted by atomic mass is 10.1. The fraction of sp³-hybridized carbons (Fsp3) is 0.211. The van der Waals surface area contributed by atoms with Crippen LogP contribution in [0.25, 0.3) is 5.69 Å². The van der Waals surface area contributed by atoms with E-state index in [9.17, 15) is 4.79 Å². The molecule has 0 N–H and O–H groups in total. The second kappa shape index (κ2) is 5.82. The molecule has 1 saturated carbocycles. The maximum Gasteiger partial charge on any atom is 0.350 e. The van der Waals surface area contributed by atoms with Gasteiger partial charge in [-0.15, -0.1) is 0 Å². The maximum atomic E-state index is 12.9. The summed E-state index contributed by atoms with van der Waals surface area (Å²) in [5.74, 6) is 1.22. The molecular formula is C19H16N4O. The topological polar surface area (TPSA) is 63.6 Å². The third-order valence-electron chi connectivity index (χ3n) is 4.24. The van der Waals surface area contributed by atoms with Crippen molar-refractivity contribution in [3.8, 4) is 11.8 Å². The average Bonchev–Trinajstić information content (AvgIpc) is 3.42. The lowest BCUT2D eigenvalue weighted by molar-refractivity contribution is 0.648. The number of nitriles is 1. The van der Waals surface area contributed by atoms with E-state index in [4.69, 9.17) is 5.26 Å². The molecule has 1 aromatic heterocycles. The molecule has 0 spiro atoms. The van der Waals surface area contributed by atoms with Crippen molar-refractivity contribution < 1.29 is 0 Å². The first kappa shape index (κ1) is 14.5. The average molecular weight is 316 g/mol. The SMILES string of the molecule is N#Cc1ccc(Cn2nc(C3CC3)n(-c3ccccc3)c2=O)cc1. The van der Waals surface area contributed by atoms with Gasteiger partial charge in [0.2, 0.25) is 0 Å². The fourth-order valence-electron chi connectivity index (χ4n) is 2.81. The van der Waals surface area contributed by atoms with Gasteiger partial charge < -0.3 is 0 Å². The second-order valence-electron chi connectivity index (χ2n) is 6.05. The van der Waals surface area contributed by atoms with Crippen LogP contribution in [0.3, 0.4) is 0 Å². The Morgan fingerprint density at radius 3 is 2.42 bits per heavy atom. The first-order chi connectivity index (χ1) is 11.8. The summed E-state index contributed by atoms with van der Waals surface area (Å²) in [6, 6.07) is 19.0. The van der Waals surface area contributed by atoms with E-state index in [1.54, 1.807) is 16.7 Å². The van der Waals surface area contributed by atoms with Gasteiger partial charge in [0.25, 0.3) is 0 Å². The Morgan fingerprint density at radius 1 is 1.08 bits per heavy atom. The zero-order chi connectivity index (χ0) is 16.5. The van der Waals surface area contributed by atoms with Crippen molar-refractivity contribution in [2.45, 2.75) is 25.3 Å². The van der Waals surface area contributed by atoms with Gasteiger partial charge in [0, 0.05) is 5.92 Å². The van der Waals surface area contributed by atoms with Gasteiger partial charge in [0.1, 0.15) is 5.82 Å². The molecule has 0 radical (unpaired) electrons. The van der Waals surface area contributed by atoms with Crippen molar-refractivity contribution in [1.29, 1.82) is 5.26 Å². The molecule has 0 saturated heterocycles. The lowest BCUT2D eigenvalue weighted by Crippen LogP contribution is -2.24. The Morgan fingerprint density at radius 2 is 1.79 bits per heavy atom. The smallest absolute Gasteiger partial charge is 0.247 e. The van der Waals surface area contributed by atoms with Crippen LogP contribution in [0.2, 0.25) is 0 Å². The quantitative estimate of drug-likeness (QED) is 0.743. The first-order valence-corrected chi connectivity index (χ1v) is 8.00. The highest BCUT2D eigenvalue weighted by Gasteiger charge is 2.31. The van der Waals surface area contributed by atoms with E-state index in [2.05, 4.69) is 11.2 Å². The van der Waals surface area contributed by atoms with Crippen molar-refractivity contribution >= 4 is 0 Å². The van der Waals surface area contributed by atoms with Gasteiger partial charge in [-0.25, -0.2) is 14.0 Å². The van der Waals surface area contributed by atoms with Gasteiger partial charge >= 0.3 is 5.69 Å². The molecule has 0 aliphatic heterocycles. The van der Waals surface area contributed by atoms with Crippen LogP contribution >= 0.6 is 0 Å². The molecule has 3 aromatic rings. The minimum atomic E-state index is -0.118. The molecule has 0 amide bonds. The summed E-state index contributed by atoms with van der Waals surface area (Å²) in [6.07, 6.45) is 2.17. The van der Waals surface area contributed by atoms with E-state index >= 15 is 0 Å². The summed E-state index contributed by atoms with van der Waals surface area (Å²) in [4.78, 5) is 12.9. The zero-order valence-electron chi connectivity index (χ0n) is 13.1. The van der Waals surface area contributed by atoms with E-state index in [1.165, 1.54) is 4.68 Å². The molecule has 0 bridgehead atoms. The standard InChI is InChI=1S/C19H16N4O/c20-12-14-6-8-15(9-7-14)13-22-19(24)23(17-4-2-1-3-5-17)18(21-22)16-10-11-16/h1-9,16H,10-11,13H2. The number of hydrogen-bond acceptors (Lipinski definition) is 3. The number of nitrogens with zero attached hydrogens (tertiary/aromatic N) is 4. The van der Waals surface area contributed by atoms with Crippen LogP contribution in [-0.4, -0.2) is 14.3 Å². The second-order valence-corrected chi connectivity index (χ2v) is 6.05. The van der Waals surface area contributed by atoms with Crippen LogP contribution in [-0.2, 0) is 6.54 Å². The van der Waals surface area contributed by atoms with Crippen molar-refractivity contribution in [2.24, 2.45) is 0 Å². The predicted molar refractivity (Wildman–Crippen MR) is 90.1 cm³/mol. The molecule has 24 heavy (non-hydrogen) atoms. The molecule has 1 fully saturated rings. The molecule has 0 unspecified atom stereocenters. The van der Waals surface area contributed by atoms with Gasteiger partial charge in [-0.2, -0.15) is 10.4 Å². The van der Waals surface area contributed by atoms with Crippen molar-refractivity contribution in [1.82, 2.24) is 14.3 Å². The van der Waals surface area contributed by atoms with E-state index in [1.807, 2.05) is 42.5 Å². The van der Waals surface area contributed by atoms with E-state index in [0.29, 0.717) is 18.0 Å². The Balaban J connectivity index is 1.74. The minimum Gasteiger partial charge on any atom is -0.247 e. The summed E-state index contributed by atoms with van der Waals surface area (Å²) >= 11 is 0. The molecule has 1 aliphatic rings. The highest BCUT2D eigenvalue weighted by molar-refractivity contribution is 5.34. The van der Waals surface area contributed by atoms with Crippen LogP contribution in [0.15, 0.2) is 59.4 Å². The zero-order valence-corrected chi connectivity index (χ0v) is 13.1. The number of rotatable bonds is 4. The van der Waals surface area contributed by atoms with Crippen LogP contribution in [0.1, 0.15) is 35.7 Å². The summed E-state index contributed by atoms with van der Waals surface area (Å²) < 4.78 is 3.24. The van der Waals surface area contributed by atoms with E-state index in [-0.39, 0.29) is 5.69 Å². The highest BCUT2D eigenvalue weighted by atomic mass is 16.2. The highest BCUT2D eigenvalue weighted by Crippen LogP contribution is 2.39.